The first kappa shape index (κ1) is 12.6. The van der Waals surface area contributed by atoms with Gasteiger partial charge in [0.25, 0.3) is 0 Å². The highest BCUT2D eigenvalue weighted by Crippen LogP contribution is 2.29. The summed E-state index contributed by atoms with van der Waals surface area (Å²) >= 11 is 0. The quantitative estimate of drug-likeness (QED) is 0.693. The van der Waals surface area contributed by atoms with Gasteiger partial charge < -0.3 is 14.6 Å². The van der Waals surface area contributed by atoms with E-state index in [-0.39, 0.29) is 24.3 Å². The molecule has 2 bridgehead atoms. The topological polar surface area (TPSA) is 59.0 Å². The molecule has 2 fully saturated rings. The highest BCUT2D eigenvalue weighted by molar-refractivity contribution is 5.69. The highest BCUT2D eigenvalue weighted by Gasteiger charge is 2.42. The second-order valence-electron chi connectivity index (χ2n) is 5.86. The van der Waals surface area contributed by atoms with Crippen LogP contribution in [0.3, 0.4) is 0 Å². The molecule has 2 aliphatic rings. The molecule has 0 aromatic rings. The van der Waals surface area contributed by atoms with E-state index in [4.69, 9.17) is 9.47 Å². The van der Waals surface area contributed by atoms with Crippen LogP contribution in [0.1, 0.15) is 33.6 Å². The summed E-state index contributed by atoms with van der Waals surface area (Å²) in [6.07, 6.45) is 0.543. The third-order valence-corrected chi connectivity index (χ3v) is 3.10. The molecule has 2 aliphatic heterocycles. The average molecular weight is 243 g/mol. The zero-order chi connectivity index (χ0) is 12.6. The van der Waals surface area contributed by atoms with E-state index < -0.39 is 5.60 Å². The van der Waals surface area contributed by atoms with Gasteiger partial charge in [-0.3, -0.25) is 4.90 Å². The summed E-state index contributed by atoms with van der Waals surface area (Å²) in [6, 6.07) is -0.0975. The van der Waals surface area contributed by atoms with Crippen LogP contribution >= 0.6 is 0 Å². The maximum absolute atomic E-state index is 12.1. The highest BCUT2D eigenvalue weighted by atomic mass is 16.6. The molecule has 1 amide bonds. The first-order valence-corrected chi connectivity index (χ1v) is 6.14. The standard InChI is InChI=1S/C12H21NO4/c1-12(2,3)17-11(15)13-8-4-10(14)5-9(13)7-16-6-8/h8-10,14H,4-7H2,1-3H3/t8-,9-/m1/s1. The number of amides is 1. The van der Waals surface area contributed by atoms with Crippen LogP contribution in [-0.4, -0.2) is 53.1 Å². The van der Waals surface area contributed by atoms with Gasteiger partial charge in [0, 0.05) is 0 Å². The summed E-state index contributed by atoms with van der Waals surface area (Å²) in [5.74, 6) is 0. The minimum atomic E-state index is -0.484. The van der Waals surface area contributed by atoms with Crippen molar-refractivity contribution < 1.29 is 19.4 Å². The van der Waals surface area contributed by atoms with Gasteiger partial charge in [-0.2, -0.15) is 0 Å². The molecule has 0 aromatic carbocycles. The fourth-order valence-electron chi connectivity index (χ4n) is 2.50. The van der Waals surface area contributed by atoms with Crippen molar-refractivity contribution in [3.8, 4) is 0 Å². The number of hydrogen-bond donors (Lipinski definition) is 1. The van der Waals surface area contributed by atoms with Crippen LogP contribution < -0.4 is 0 Å². The van der Waals surface area contributed by atoms with E-state index in [1.54, 1.807) is 4.90 Å². The average Bonchev–Trinajstić information content (AvgIpc) is 2.12. The number of hydrogen-bond acceptors (Lipinski definition) is 4. The number of morpholine rings is 1. The van der Waals surface area contributed by atoms with Crippen LogP contribution in [0.25, 0.3) is 0 Å². The molecule has 0 unspecified atom stereocenters. The fourth-order valence-corrected chi connectivity index (χ4v) is 2.50. The molecule has 17 heavy (non-hydrogen) atoms. The van der Waals surface area contributed by atoms with Crippen molar-refractivity contribution in [3.05, 3.63) is 0 Å². The lowest BCUT2D eigenvalue weighted by molar-refractivity contribution is -0.103. The van der Waals surface area contributed by atoms with Crippen molar-refractivity contribution in [2.75, 3.05) is 13.2 Å². The second kappa shape index (κ2) is 4.46. The van der Waals surface area contributed by atoms with E-state index in [1.807, 2.05) is 20.8 Å². The number of aliphatic hydroxyl groups excluding tert-OH is 1. The fraction of sp³-hybridized carbons (Fsp3) is 0.917. The van der Waals surface area contributed by atoms with Crippen molar-refractivity contribution in [2.24, 2.45) is 0 Å². The van der Waals surface area contributed by atoms with Crippen LogP contribution in [-0.2, 0) is 9.47 Å². The normalized spacial score (nSPS) is 33.4. The molecule has 5 heteroatoms. The number of ether oxygens (including phenoxy) is 2. The zero-order valence-electron chi connectivity index (χ0n) is 10.7. The van der Waals surface area contributed by atoms with Crippen LogP contribution in [0.2, 0.25) is 0 Å². The summed E-state index contributed by atoms with van der Waals surface area (Å²) in [5, 5.41) is 9.71. The molecule has 1 N–H and O–H groups in total. The molecule has 2 rings (SSSR count). The third kappa shape index (κ3) is 2.90. The van der Waals surface area contributed by atoms with Gasteiger partial charge in [0.15, 0.2) is 0 Å². The van der Waals surface area contributed by atoms with Crippen molar-refractivity contribution in [1.29, 1.82) is 0 Å². The number of carbonyl (C=O) groups is 1. The molecule has 0 aromatic heterocycles. The van der Waals surface area contributed by atoms with Gasteiger partial charge >= 0.3 is 6.09 Å². The first-order valence-electron chi connectivity index (χ1n) is 6.14. The molecule has 2 atom stereocenters. The largest absolute Gasteiger partial charge is 0.444 e. The Labute approximate surface area is 102 Å². The van der Waals surface area contributed by atoms with Gasteiger partial charge in [-0.15, -0.1) is 0 Å². The van der Waals surface area contributed by atoms with Crippen LogP contribution in [0.15, 0.2) is 0 Å². The smallest absolute Gasteiger partial charge is 0.410 e. The first-order chi connectivity index (χ1) is 7.87. The number of rotatable bonds is 0. The maximum Gasteiger partial charge on any atom is 0.410 e. The third-order valence-electron chi connectivity index (χ3n) is 3.10. The van der Waals surface area contributed by atoms with E-state index >= 15 is 0 Å². The van der Waals surface area contributed by atoms with Gasteiger partial charge in [-0.1, -0.05) is 0 Å². The van der Waals surface area contributed by atoms with E-state index in [9.17, 15) is 9.90 Å². The second-order valence-corrected chi connectivity index (χ2v) is 5.86. The SMILES string of the molecule is CC(C)(C)OC(=O)N1[C@H]2COC[C@H]1CC(O)C2. The van der Waals surface area contributed by atoms with Gasteiger partial charge in [-0.05, 0) is 33.6 Å². The Bertz CT molecular complexity index is 285. The van der Waals surface area contributed by atoms with Crippen LogP contribution in [0.5, 0.6) is 0 Å². The molecule has 0 saturated carbocycles. The zero-order valence-corrected chi connectivity index (χ0v) is 10.7. The van der Waals surface area contributed by atoms with Gasteiger partial charge in [0.1, 0.15) is 5.60 Å². The predicted molar refractivity (Wildman–Crippen MR) is 61.7 cm³/mol. The van der Waals surface area contributed by atoms with Crippen molar-refractivity contribution in [1.82, 2.24) is 4.90 Å². The number of piperidine rings is 1. The Kier molecular flexibility index (Phi) is 3.32. The lowest BCUT2D eigenvalue weighted by Gasteiger charge is -2.47. The molecule has 0 aliphatic carbocycles. The Balaban J connectivity index is 2.07. The van der Waals surface area contributed by atoms with Gasteiger partial charge in [0.2, 0.25) is 0 Å². The molecule has 0 radical (unpaired) electrons. The summed E-state index contributed by atoms with van der Waals surface area (Å²) in [7, 11) is 0. The minimum absolute atomic E-state index is 0.0488. The Morgan fingerprint density at radius 2 is 1.82 bits per heavy atom. The molecular weight excluding hydrogens is 222 g/mol. The molecule has 98 valence electrons. The molecule has 2 heterocycles. The Morgan fingerprint density at radius 1 is 1.29 bits per heavy atom. The summed E-state index contributed by atoms with van der Waals surface area (Å²) in [6.45, 7) is 6.56. The summed E-state index contributed by atoms with van der Waals surface area (Å²) in [5.41, 5.74) is -0.484. The minimum Gasteiger partial charge on any atom is -0.444 e. The lowest BCUT2D eigenvalue weighted by atomic mass is 9.92. The van der Waals surface area contributed by atoms with Crippen molar-refractivity contribution in [3.63, 3.8) is 0 Å². The number of nitrogens with zero attached hydrogens (tertiary/aromatic N) is 1. The number of carbonyl (C=O) groups excluding carboxylic acids is 1. The Morgan fingerprint density at radius 3 is 2.29 bits per heavy atom. The molecule has 0 spiro atoms. The van der Waals surface area contributed by atoms with Crippen molar-refractivity contribution >= 4 is 6.09 Å². The van der Waals surface area contributed by atoms with E-state index in [0.29, 0.717) is 26.1 Å². The number of fused-ring (bicyclic) bond motifs is 2. The van der Waals surface area contributed by atoms with Crippen LogP contribution in [0.4, 0.5) is 4.79 Å². The molecule has 2 saturated heterocycles. The molecular formula is C12H21NO4. The summed E-state index contributed by atoms with van der Waals surface area (Å²) < 4.78 is 10.8. The van der Waals surface area contributed by atoms with Crippen LogP contribution in [0, 0.1) is 0 Å². The van der Waals surface area contributed by atoms with Gasteiger partial charge in [0.05, 0.1) is 31.4 Å². The lowest BCUT2D eigenvalue weighted by Crippen LogP contribution is -2.60. The number of aliphatic hydroxyl groups is 1. The summed E-state index contributed by atoms with van der Waals surface area (Å²) in [4.78, 5) is 13.9. The maximum atomic E-state index is 12.1. The Hall–Kier alpha value is -0.810. The predicted octanol–water partition coefficient (Wildman–Crippen LogP) is 1.15. The van der Waals surface area contributed by atoms with Gasteiger partial charge in [-0.25, -0.2) is 4.79 Å². The van der Waals surface area contributed by atoms with E-state index in [0.717, 1.165) is 0 Å². The van der Waals surface area contributed by atoms with E-state index in [1.165, 1.54) is 0 Å². The van der Waals surface area contributed by atoms with E-state index in [2.05, 4.69) is 0 Å². The monoisotopic (exact) mass is 243 g/mol. The van der Waals surface area contributed by atoms with Crippen molar-refractivity contribution in [2.45, 2.75) is 57.4 Å². The molecule has 5 nitrogen and oxygen atoms in total.